The summed E-state index contributed by atoms with van der Waals surface area (Å²) in [5, 5.41) is 0.936. The molecule has 1 aliphatic heterocycles. The van der Waals surface area contributed by atoms with E-state index < -0.39 is 34.6 Å². The second-order valence-corrected chi connectivity index (χ2v) is 10.6. The standard InChI is InChI=1S/C20H27B2ClF3N3O3/c1-17(2,3)32-16(30)12-4-5-13(27-15(12)23)29-9-6-14(28-29)31-11-19(21,22)10-18(7-8-18)20(24,25)26/h4-6,9,14,28H,7-8,10-11,21-22H2,1-3H3. The fraction of sp³-hybridized carbons (Fsp3) is 0.600. The van der Waals surface area contributed by atoms with Crippen molar-refractivity contribution in [3.05, 3.63) is 35.1 Å². The van der Waals surface area contributed by atoms with E-state index in [9.17, 15) is 18.0 Å². The van der Waals surface area contributed by atoms with E-state index in [1.165, 1.54) is 6.07 Å². The van der Waals surface area contributed by atoms with E-state index in [-0.39, 0.29) is 36.6 Å². The molecule has 1 saturated carbocycles. The summed E-state index contributed by atoms with van der Waals surface area (Å²) in [7, 11) is 3.57. The number of anilines is 1. The molecule has 2 aliphatic rings. The lowest BCUT2D eigenvalue weighted by Crippen LogP contribution is -2.40. The Labute approximate surface area is 192 Å². The summed E-state index contributed by atoms with van der Waals surface area (Å²) >= 11 is 6.18. The van der Waals surface area contributed by atoms with Crippen LogP contribution in [0.4, 0.5) is 19.0 Å². The number of hydrazine groups is 1. The lowest BCUT2D eigenvalue weighted by molar-refractivity contribution is -0.190. The first-order valence-corrected chi connectivity index (χ1v) is 10.8. The van der Waals surface area contributed by atoms with Gasteiger partial charge in [0.25, 0.3) is 0 Å². The Hall–Kier alpha value is -1.71. The van der Waals surface area contributed by atoms with Gasteiger partial charge in [0, 0.05) is 12.8 Å². The molecule has 0 bridgehead atoms. The molecule has 1 aromatic rings. The summed E-state index contributed by atoms with van der Waals surface area (Å²) in [6.07, 6.45) is -0.898. The molecule has 1 N–H and O–H groups in total. The minimum absolute atomic E-state index is 0.000617. The van der Waals surface area contributed by atoms with Crippen LogP contribution in [-0.4, -0.2) is 51.3 Å². The molecule has 0 amide bonds. The first kappa shape index (κ1) is 24.9. The maximum atomic E-state index is 13.3. The summed E-state index contributed by atoms with van der Waals surface area (Å²) in [5.41, 5.74) is 0.973. The van der Waals surface area contributed by atoms with Gasteiger partial charge >= 0.3 is 12.1 Å². The zero-order valence-corrected chi connectivity index (χ0v) is 19.6. The smallest absolute Gasteiger partial charge is 0.394 e. The number of esters is 1. The number of halogens is 4. The Kier molecular flexibility index (Phi) is 6.68. The van der Waals surface area contributed by atoms with Crippen molar-refractivity contribution in [3.63, 3.8) is 0 Å². The maximum absolute atomic E-state index is 13.3. The zero-order chi connectivity index (χ0) is 23.9. The van der Waals surface area contributed by atoms with Crippen LogP contribution in [0.15, 0.2) is 24.4 Å². The van der Waals surface area contributed by atoms with E-state index in [2.05, 4.69) is 10.4 Å². The highest BCUT2D eigenvalue weighted by Crippen LogP contribution is 2.63. The van der Waals surface area contributed by atoms with E-state index in [1.54, 1.807) is 59.8 Å². The molecule has 1 atom stereocenters. The van der Waals surface area contributed by atoms with Crippen LogP contribution in [0.1, 0.15) is 50.4 Å². The zero-order valence-electron chi connectivity index (χ0n) is 18.8. The van der Waals surface area contributed by atoms with Crippen LogP contribution in [0.2, 0.25) is 10.4 Å². The Morgan fingerprint density at radius 1 is 1.31 bits per heavy atom. The van der Waals surface area contributed by atoms with Gasteiger partial charge in [-0.05, 0) is 58.2 Å². The number of nitrogens with one attached hydrogen (secondary N) is 1. The number of ether oxygens (including phenoxy) is 2. The average Bonchev–Trinajstić information content (AvgIpc) is 3.25. The van der Waals surface area contributed by atoms with Crippen molar-refractivity contribution in [1.29, 1.82) is 0 Å². The number of hydrogen-bond acceptors (Lipinski definition) is 6. The van der Waals surface area contributed by atoms with E-state index in [0.717, 1.165) is 0 Å². The van der Waals surface area contributed by atoms with Gasteiger partial charge in [-0.15, -0.1) is 0 Å². The van der Waals surface area contributed by atoms with Crippen molar-refractivity contribution in [2.24, 2.45) is 5.41 Å². The number of aromatic nitrogens is 1. The van der Waals surface area contributed by atoms with Crippen LogP contribution in [0.3, 0.4) is 0 Å². The Morgan fingerprint density at radius 2 is 1.97 bits per heavy atom. The predicted molar refractivity (Wildman–Crippen MR) is 121 cm³/mol. The topological polar surface area (TPSA) is 63.7 Å². The highest BCUT2D eigenvalue weighted by Gasteiger charge is 2.64. The van der Waals surface area contributed by atoms with Crippen molar-refractivity contribution in [3.8, 4) is 0 Å². The third-order valence-corrected chi connectivity index (χ3v) is 5.59. The Balaban J connectivity index is 1.55. The van der Waals surface area contributed by atoms with Gasteiger partial charge in [-0.25, -0.2) is 9.78 Å². The number of carbonyl (C=O) groups excluding carboxylic acids is 1. The van der Waals surface area contributed by atoms with Gasteiger partial charge in [-0.1, -0.05) is 16.8 Å². The molecule has 1 fully saturated rings. The second kappa shape index (κ2) is 8.57. The van der Waals surface area contributed by atoms with Gasteiger partial charge < -0.3 is 9.47 Å². The quantitative estimate of drug-likeness (QED) is 0.375. The number of hydrogen-bond donors (Lipinski definition) is 1. The highest BCUT2D eigenvalue weighted by molar-refractivity contribution is 6.40. The van der Waals surface area contributed by atoms with Crippen molar-refractivity contribution >= 4 is 39.1 Å². The van der Waals surface area contributed by atoms with Gasteiger partial charge in [0.05, 0.1) is 11.0 Å². The number of rotatable bonds is 7. The minimum Gasteiger partial charge on any atom is -0.456 e. The highest BCUT2D eigenvalue weighted by atomic mass is 35.5. The van der Waals surface area contributed by atoms with E-state index in [4.69, 9.17) is 21.1 Å². The summed E-state index contributed by atoms with van der Waals surface area (Å²) in [6, 6.07) is 3.13. The molecule has 0 spiro atoms. The van der Waals surface area contributed by atoms with E-state index >= 15 is 0 Å². The maximum Gasteiger partial charge on any atom is 0.394 e. The molecule has 6 nitrogen and oxygen atoms in total. The van der Waals surface area contributed by atoms with E-state index in [1.807, 2.05) is 0 Å². The number of nitrogens with zero attached hydrogens (tertiary/aromatic N) is 2. The monoisotopic (exact) mass is 471 g/mol. The van der Waals surface area contributed by atoms with Crippen LogP contribution in [0.5, 0.6) is 0 Å². The van der Waals surface area contributed by atoms with Crippen molar-refractivity contribution in [2.75, 3.05) is 11.6 Å². The van der Waals surface area contributed by atoms with Crippen LogP contribution >= 0.6 is 11.6 Å². The third-order valence-electron chi connectivity index (χ3n) is 5.30. The van der Waals surface area contributed by atoms with Crippen LogP contribution in [0.25, 0.3) is 0 Å². The van der Waals surface area contributed by atoms with Gasteiger partial charge in [0.2, 0.25) is 0 Å². The minimum atomic E-state index is -4.18. The first-order chi connectivity index (χ1) is 14.6. The first-order valence-electron chi connectivity index (χ1n) is 10.4. The van der Waals surface area contributed by atoms with E-state index in [0.29, 0.717) is 5.82 Å². The summed E-state index contributed by atoms with van der Waals surface area (Å²) in [4.78, 5) is 16.5. The molecule has 0 radical (unpaired) electrons. The van der Waals surface area contributed by atoms with Crippen LogP contribution in [0, 0.1) is 5.41 Å². The lowest BCUT2D eigenvalue weighted by atomic mass is 9.51. The molecule has 1 aliphatic carbocycles. The Morgan fingerprint density at radius 3 is 2.50 bits per heavy atom. The molecule has 0 aromatic carbocycles. The third kappa shape index (κ3) is 5.99. The van der Waals surface area contributed by atoms with Crippen LogP contribution < -0.4 is 10.4 Å². The number of pyridine rings is 1. The normalized spacial score (nSPS) is 20.5. The number of alkyl halides is 3. The molecule has 1 unspecified atom stereocenters. The Bertz CT molecular complexity index is 902. The molecule has 32 heavy (non-hydrogen) atoms. The van der Waals surface area contributed by atoms with Crippen molar-refractivity contribution < 1.29 is 27.4 Å². The summed E-state index contributed by atoms with van der Waals surface area (Å²) in [5.74, 6) is -0.139. The molecule has 174 valence electrons. The fourth-order valence-corrected chi connectivity index (χ4v) is 3.89. The molecular weight excluding hydrogens is 444 g/mol. The largest absolute Gasteiger partial charge is 0.456 e. The predicted octanol–water partition coefficient (Wildman–Crippen LogP) is 2.99. The molecule has 2 heterocycles. The van der Waals surface area contributed by atoms with Crippen LogP contribution in [-0.2, 0) is 9.47 Å². The summed E-state index contributed by atoms with van der Waals surface area (Å²) < 4.78 is 51.0. The number of carbonyl (C=O) groups is 1. The summed E-state index contributed by atoms with van der Waals surface area (Å²) in [6.45, 7) is 5.43. The fourth-order valence-electron chi connectivity index (χ4n) is 3.66. The lowest BCUT2D eigenvalue weighted by Gasteiger charge is -2.32. The van der Waals surface area contributed by atoms with Gasteiger partial charge in [0.1, 0.15) is 38.5 Å². The van der Waals surface area contributed by atoms with Gasteiger partial charge in [-0.3, -0.25) is 5.01 Å². The van der Waals surface area contributed by atoms with Gasteiger partial charge in [0.15, 0.2) is 0 Å². The molecular formula is C20H27B2ClF3N3O3. The molecule has 1 aromatic heterocycles. The average molecular weight is 472 g/mol. The molecule has 12 heteroatoms. The van der Waals surface area contributed by atoms with Gasteiger partial charge in [-0.2, -0.15) is 18.6 Å². The SMILES string of the molecule is BC(B)(COC1C=CN(c2ccc(C(=O)OC(C)(C)C)c(Cl)n2)N1)CC1(C(F)(F)F)CC1. The molecule has 0 saturated heterocycles. The van der Waals surface area contributed by atoms with Crippen molar-refractivity contribution in [2.45, 2.75) is 63.3 Å². The van der Waals surface area contributed by atoms with Crippen molar-refractivity contribution in [1.82, 2.24) is 10.4 Å². The molecule has 3 rings (SSSR count). The second-order valence-electron chi connectivity index (χ2n) is 10.2.